The lowest BCUT2D eigenvalue weighted by Crippen LogP contribution is -2.09. The SMILES string of the molecule is CC(O)c1c(F)c(F)c(F)c(F)c1F. The van der Waals surface area contributed by atoms with Gasteiger partial charge < -0.3 is 5.11 Å². The van der Waals surface area contributed by atoms with Gasteiger partial charge in [0, 0.05) is 0 Å². The van der Waals surface area contributed by atoms with E-state index in [4.69, 9.17) is 5.11 Å². The van der Waals surface area contributed by atoms with E-state index in [2.05, 4.69) is 0 Å². The molecule has 1 nitrogen and oxygen atoms in total. The second kappa shape index (κ2) is 3.53. The monoisotopic (exact) mass is 212 g/mol. The molecule has 6 heteroatoms. The van der Waals surface area contributed by atoms with E-state index in [9.17, 15) is 22.0 Å². The van der Waals surface area contributed by atoms with E-state index in [-0.39, 0.29) is 0 Å². The van der Waals surface area contributed by atoms with Crippen molar-refractivity contribution in [1.82, 2.24) is 0 Å². The molecule has 0 aliphatic heterocycles. The quantitative estimate of drug-likeness (QED) is 0.430. The van der Waals surface area contributed by atoms with Crippen molar-refractivity contribution < 1.29 is 27.1 Å². The van der Waals surface area contributed by atoms with Gasteiger partial charge >= 0.3 is 0 Å². The molecule has 1 N–H and O–H groups in total. The summed E-state index contributed by atoms with van der Waals surface area (Å²) < 4.78 is 63.0. The summed E-state index contributed by atoms with van der Waals surface area (Å²) in [6.45, 7) is 0.901. The smallest absolute Gasteiger partial charge is 0.200 e. The number of hydrogen-bond acceptors (Lipinski definition) is 1. The first-order chi connectivity index (χ1) is 6.37. The maximum absolute atomic E-state index is 12.8. The van der Waals surface area contributed by atoms with E-state index >= 15 is 0 Å². The van der Waals surface area contributed by atoms with Gasteiger partial charge in [0.05, 0.1) is 11.7 Å². The van der Waals surface area contributed by atoms with Gasteiger partial charge in [0.25, 0.3) is 0 Å². The largest absolute Gasteiger partial charge is 0.388 e. The molecule has 1 aromatic rings. The van der Waals surface area contributed by atoms with E-state index in [1.165, 1.54) is 0 Å². The first-order valence-electron chi connectivity index (χ1n) is 3.57. The molecule has 78 valence electrons. The van der Waals surface area contributed by atoms with Gasteiger partial charge in [0.1, 0.15) is 0 Å². The van der Waals surface area contributed by atoms with Crippen LogP contribution in [-0.2, 0) is 0 Å². The third kappa shape index (κ3) is 1.45. The Morgan fingerprint density at radius 2 is 1.07 bits per heavy atom. The molecule has 14 heavy (non-hydrogen) atoms. The molecule has 0 saturated carbocycles. The predicted molar refractivity (Wildman–Crippen MR) is 36.9 cm³/mol. The highest BCUT2D eigenvalue weighted by atomic mass is 19.2. The van der Waals surface area contributed by atoms with Gasteiger partial charge in [-0.25, -0.2) is 22.0 Å². The Morgan fingerprint density at radius 3 is 1.36 bits per heavy atom. The molecular formula is C8H5F5O. The number of aliphatic hydroxyl groups excluding tert-OH is 1. The van der Waals surface area contributed by atoms with E-state index in [0.717, 1.165) is 6.92 Å². The minimum absolute atomic E-state index is 0.901. The highest BCUT2D eigenvalue weighted by Gasteiger charge is 2.27. The summed E-state index contributed by atoms with van der Waals surface area (Å²) in [5.74, 6) is -10.4. The lowest BCUT2D eigenvalue weighted by molar-refractivity contribution is 0.183. The van der Waals surface area contributed by atoms with Gasteiger partial charge in [-0.15, -0.1) is 0 Å². The Labute approximate surface area is 75.8 Å². The molecule has 0 bridgehead atoms. The van der Waals surface area contributed by atoms with Gasteiger partial charge in [-0.1, -0.05) is 0 Å². The van der Waals surface area contributed by atoms with Crippen molar-refractivity contribution in [3.05, 3.63) is 34.6 Å². The molecule has 0 saturated heterocycles. The van der Waals surface area contributed by atoms with Crippen LogP contribution in [0.5, 0.6) is 0 Å². The van der Waals surface area contributed by atoms with Gasteiger partial charge in [-0.3, -0.25) is 0 Å². The third-order valence-corrected chi connectivity index (χ3v) is 1.66. The summed E-state index contributed by atoms with van der Waals surface area (Å²) in [7, 11) is 0. The zero-order valence-corrected chi connectivity index (χ0v) is 6.91. The van der Waals surface area contributed by atoms with Crippen LogP contribution in [0.4, 0.5) is 22.0 Å². The molecule has 0 spiro atoms. The predicted octanol–water partition coefficient (Wildman–Crippen LogP) is 2.44. The van der Waals surface area contributed by atoms with Crippen LogP contribution in [0, 0.1) is 29.1 Å². The highest BCUT2D eigenvalue weighted by molar-refractivity contribution is 5.25. The Morgan fingerprint density at radius 1 is 0.786 bits per heavy atom. The van der Waals surface area contributed by atoms with Crippen LogP contribution in [0.15, 0.2) is 0 Å². The molecule has 0 amide bonds. The Hall–Kier alpha value is -1.17. The van der Waals surface area contributed by atoms with Crippen molar-refractivity contribution in [2.45, 2.75) is 13.0 Å². The van der Waals surface area contributed by atoms with Crippen LogP contribution in [0.3, 0.4) is 0 Å². The van der Waals surface area contributed by atoms with Crippen LogP contribution in [0.1, 0.15) is 18.6 Å². The maximum Gasteiger partial charge on any atom is 0.200 e. The third-order valence-electron chi connectivity index (χ3n) is 1.66. The molecule has 1 atom stereocenters. The summed E-state index contributed by atoms with van der Waals surface area (Å²) >= 11 is 0. The van der Waals surface area contributed by atoms with Crippen LogP contribution in [0.25, 0.3) is 0 Å². The van der Waals surface area contributed by atoms with Crippen molar-refractivity contribution in [1.29, 1.82) is 0 Å². The normalized spacial score (nSPS) is 13.1. The standard InChI is InChI=1S/C8H5F5O/c1-2(14)3-4(9)6(11)8(13)7(12)5(3)10/h2,14H,1H3. The number of hydrogen-bond donors (Lipinski definition) is 1. The molecule has 0 radical (unpaired) electrons. The summed E-state index contributed by atoms with van der Waals surface area (Å²) in [6, 6.07) is 0. The molecule has 0 aliphatic carbocycles. The van der Waals surface area contributed by atoms with Crippen LogP contribution < -0.4 is 0 Å². The van der Waals surface area contributed by atoms with Crippen molar-refractivity contribution in [2.75, 3.05) is 0 Å². The molecule has 1 unspecified atom stereocenters. The molecule has 1 rings (SSSR count). The summed E-state index contributed by atoms with van der Waals surface area (Å²) in [5, 5.41) is 8.79. The van der Waals surface area contributed by atoms with Gasteiger partial charge in [-0.05, 0) is 6.92 Å². The zero-order valence-electron chi connectivity index (χ0n) is 6.91. The van der Waals surface area contributed by atoms with E-state index in [1.807, 2.05) is 0 Å². The fourth-order valence-electron chi connectivity index (χ4n) is 0.989. The van der Waals surface area contributed by atoms with Gasteiger partial charge in [0.2, 0.25) is 5.82 Å². The Balaban J connectivity index is 3.60. The topological polar surface area (TPSA) is 20.2 Å². The number of aliphatic hydroxyl groups is 1. The lowest BCUT2D eigenvalue weighted by Gasteiger charge is -2.09. The highest BCUT2D eigenvalue weighted by Crippen LogP contribution is 2.27. The van der Waals surface area contributed by atoms with Crippen LogP contribution in [-0.4, -0.2) is 5.11 Å². The van der Waals surface area contributed by atoms with Gasteiger partial charge in [-0.2, -0.15) is 0 Å². The lowest BCUT2D eigenvalue weighted by atomic mass is 10.1. The molecule has 0 fully saturated rings. The minimum atomic E-state index is -2.23. The minimum Gasteiger partial charge on any atom is -0.388 e. The number of rotatable bonds is 1. The summed E-state index contributed by atoms with van der Waals surface area (Å²) in [5.41, 5.74) is -1.22. The summed E-state index contributed by atoms with van der Waals surface area (Å²) in [4.78, 5) is 0. The molecule has 1 aromatic carbocycles. The van der Waals surface area contributed by atoms with E-state index < -0.39 is 40.8 Å². The molecule has 0 aliphatic rings. The average Bonchev–Trinajstić information content (AvgIpc) is 2.11. The number of halogens is 5. The van der Waals surface area contributed by atoms with E-state index in [0.29, 0.717) is 0 Å². The van der Waals surface area contributed by atoms with Crippen LogP contribution >= 0.6 is 0 Å². The average molecular weight is 212 g/mol. The van der Waals surface area contributed by atoms with E-state index in [1.54, 1.807) is 0 Å². The molecular weight excluding hydrogens is 207 g/mol. The Bertz CT molecular complexity index is 345. The fourth-order valence-corrected chi connectivity index (χ4v) is 0.989. The van der Waals surface area contributed by atoms with Gasteiger partial charge in [0.15, 0.2) is 23.3 Å². The van der Waals surface area contributed by atoms with Crippen molar-refractivity contribution >= 4 is 0 Å². The molecule has 0 aromatic heterocycles. The molecule has 0 heterocycles. The Kier molecular flexibility index (Phi) is 2.75. The van der Waals surface area contributed by atoms with Crippen LogP contribution in [0.2, 0.25) is 0 Å². The first-order valence-corrected chi connectivity index (χ1v) is 3.57. The first kappa shape index (κ1) is 10.9. The maximum atomic E-state index is 12.8. The second-order valence-electron chi connectivity index (χ2n) is 2.66. The fraction of sp³-hybridized carbons (Fsp3) is 0.250. The van der Waals surface area contributed by atoms with Crippen molar-refractivity contribution in [3.8, 4) is 0 Å². The van der Waals surface area contributed by atoms with Crippen molar-refractivity contribution in [3.63, 3.8) is 0 Å². The summed E-state index contributed by atoms with van der Waals surface area (Å²) in [6.07, 6.45) is -1.76. The van der Waals surface area contributed by atoms with Crippen molar-refractivity contribution in [2.24, 2.45) is 0 Å². The second-order valence-corrected chi connectivity index (χ2v) is 2.66. The zero-order chi connectivity index (χ0) is 11.0. The number of benzene rings is 1.